The lowest BCUT2D eigenvalue weighted by Gasteiger charge is -2.16. The van der Waals surface area contributed by atoms with E-state index >= 15 is 0 Å². The Morgan fingerprint density at radius 3 is 2.69 bits per heavy atom. The van der Waals surface area contributed by atoms with Crippen LogP contribution in [-0.4, -0.2) is 23.0 Å². The first-order valence-electron chi connectivity index (χ1n) is 9.76. The van der Waals surface area contributed by atoms with Crippen molar-refractivity contribution in [2.24, 2.45) is 5.73 Å². The maximum Gasteiger partial charge on any atom is 0.492 e. The minimum Gasteiger partial charge on any atom is -0.488 e. The Morgan fingerprint density at radius 1 is 1.19 bits per heavy atom. The number of ether oxygens (including phenoxy) is 1. The largest absolute Gasteiger partial charge is 0.492 e. The van der Waals surface area contributed by atoms with Crippen LogP contribution in [0.15, 0.2) is 60.9 Å². The van der Waals surface area contributed by atoms with Gasteiger partial charge in [-0.2, -0.15) is 13.2 Å². The highest BCUT2D eigenvalue weighted by Gasteiger charge is 2.38. The second kappa shape index (κ2) is 8.64. The molecular formula is C22H19BF3N3O3. The van der Waals surface area contributed by atoms with E-state index in [1.54, 1.807) is 36.7 Å². The molecule has 1 aliphatic heterocycles. The monoisotopic (exact) mass is 441 g/mol. The van der Waals surface area contributed by atoms with Crippen LogP contribution in [0.25, 0.3) is 0 Å². The summed E-state index contributed by atoms with van der Waals surface area (Å²) in [6.45, 7) is 0.221. The number of amidine groups is 1. The van der Waals surface area contributed by atoms with Gasteiger partial charge in [0.25, 0.3) is 0 Å². The van der Waals surface area contributed by atoms with Crippen LogP contribution < -0.4 is 15.9 Å². The third kappa shape index (κ3) is 4.61. The van der Waals surface area contributed by atoms with E-state index in [4.69, 9.17) is 20.5 Å². The van der Waals surface area contributed by atoms with E-state index in [0.717, 1.165) is 23.3 Å². The van der Waals surface area contributed by atoms with Crippen molar-refractivity contribution in [3.63, 3.8) is 0 Å². The maximum absolute atomic E-state index is 13.0. The van der Waals surface area contributed by atoms with Crippen molar-refractivity contribution in [2.45, 2.75) is 25.3 Å². The molecule has 0 bridgehead atoms. The highest BCUT2D eigenvalue weighted by Crippen LogP contribution is 2.34. The van der Waals surface area contributed by atoms with Crippen LogP contribution in [0, 0.1) is 5.41 Å². The van der Waals surface area contributed by atoms with E-state index in [2.05, 4.69) is 4.98 Å². The van der Waals surface area contributed by atoms with Gasteiger partial charge < -0.3 is 20.1 Å². The Morgan fingerprint density at radius 2 is 2.00 bits per heavy atom. The molecule has 2 aromatic carbocycles. The van der Waals surface area contributed by atoms with E-state index in [0.29, 0.717) is 16.9 Å². The minimum atomic E-state index is -4.50. The van der Waals surface area contributed by atoms with Gasteiger partial charge in [0.05, 0.1) is 17.2 Å². The highest BCUT2D eigenvalue weighted by molar-refractivity contribution is 6.61. The van der Waals surface area contributed by atoms with E-state index in [-0.39, 0.29) is 24.3 Å². The minimum absolute atomic E-state index is 0.109. The third-order valence-corrected chi connectivity index (χ3v) is 5.19. The van der Waals surface area contributed by atoms with Crippen molar-refractivity contribution >= 4 is 18.4 Å². The summed E-state index contributed by atoms with van der Waals surface area (Å²) in [5.74, 6) is 0.236. The smallest absolute Gasteiger partial charge is 0.488 e. The van der Waals surface area contributed by atoms with Crippen molar-refractivity contribution < 1.29 is 27.6 Å². The van der Waals surface area contributed by atoms with Gasteiger partial charge in [-0.25, -0.2) is 0 Å². The summed E-state index contributed by atoms with van der Waals surface area (Å²) in [6.07, 6.45) is -1.53. The molecule has 1 unspecified atom stereocenters. The van der Waals surface area contributed by atoms with Crippen molar-refractivity contribution in [2.75, 3.05) is 0 Å². The molecule has 164 valence electrons. The Bertz CT molecular complexity index is 1140. The van der Waals surface area contributed by atoms with Gasteiger partial charge >= 0.3 is 13.3 Å². The van der Waals surface area contributed by atoms with E-state index in [1.165, 1.54) is 6.07 Å². The standard InChI is InChI=1S/C22H19BF3N3O3/c24-22(25,26)15-4-6-16-18(10-15)23(30)32-20(16)9-13-3-5-17(21(27)28)19(8-13)31-12-14-2-1-7-29-11-14/h1-8,10-11,20,30H,9,12H2,(H3,27,28). The van der Waals surface area contributed by atoms with Gasteiger partial charge in [-0.3, -0.25) is 10.4 Å². The number of benzene rings is 2. The average Bonchev–Trinajstić information content (AvgIpc) is 3.07. The van der Waals surface area contributed by atoms with Crippen LogP contribution in [0.4, 0.5) is 13.2 Å². The molecule has 6 nitrogen and oxygen atoms in total. The molecular weight excluding hydrogens is 422 g/mol. The number of halogens is 3. The Hall–Kier alpha value is -3.37. The van der Waals surface area contributed by atoms with Crippen molar-refractivity contribution in [1.29, 1.82) is 5.41 Å². The lowest BCUT2D eigenvalue weighted by molar-refractivity contribution is -0.137. The van der Waals surface area contributed by atoms with Crippen LogP contribution in [0.3, 0.4) is 0 Å². The zero-order valence-electron chi connectivity index (χ0n) is 16.8. The second-order valence-electron chi connectivity index (χ2n) is 7.42. The molecule has 0 spiro atoms. The molecule has 1 aliphatic rings. The second-order valence-corrected chi connectivity index (χ2v) is 7.42. The number of rotatable bonds is 6. The molecule has 1 aromatic heterocycles. The fourth-order valence-electron chi connectivity index (χ4n) is 3.61. The van der Waals surface area contributed by atoms with Gasteiger partial charge in [0, 0.05) is 24.4 Å². The molecule has 4 rings (SSSR count). The predicted molar refractivity (Wildman–Crippen MR) is 113 cm³/mol. The van der Waals surface area contributed by atoms with Crippen LogP contribution in [0.2, 0.25) is 0 Å². The lowest BCUT2D eigenvalue weighted by atomic mass is 9.78. The SMILES string of the molecule is N=C(N)c1ccc(CC2OB(O)c3cc(C(F)(F)F)ccc32)cc1OCc1cccnc1. The highest BCUT2D eigenvalue weighted by atomic mass is 19.4. The van der Waals surface area contributed by atoms with Crippen LogP contribution in [0.1, 0.15) is 33.9 Å². The van der Waals surface area contributed by atoms with Crippen molar-refractivity contribution in [3.8, 4) is 5.75 Å². The normalized spacial score (nSPS) is 15.5. The van der Waals surface area contributed by atoms with Gasteiger partial charge in [0.1, 0.15) is 18.2 Å². The fourth-order valence-corrected chi connectivity index (χ4v) is 3.61. The van der Waals surface area contributed by atoms with E-state index in [9.17, 15) is 18.2 Å². The molecule has 0 radical (unpaired) electrons. The fraction of sp³-hybridized carbons (Fsp3) is 0.182. The molecule has 10 heteroatoms. The Balaban J connectivity index is 1.57. The molecule has 2 heterocycles. The van der Waals surface area contributed by atoms with Gasteiger partial charge in [0.15, 0.2) is 0 Å². The molecule has 3 aromatic rings. The van der Waals surface area contributed by atoms with Crippen LogP contribution in [0.5, 0.6) is 5.75 Å². The van der Waals surface area contributed by atoms with Crippen molar-refractivity contribution in [1.82, 2.24) is 4.98 Å². The summed E-state index contributed by atoms with van der Waals surface area (Å²) in [4.78, 5) is 4.03. The number of hydrogen-bond acceptors (Lipinski definition) is 5. The first-order valence-corrected chi connectivity index (χ1v) is 9.76. The summed E-state index contributed by atoms with van der Waals surface area (Å²) in [6, 6.07) is 12.0. The number of nitrogen functional groups attached to an aromatic ring is 1. The predicted octanol–water partition coefficient (Wildman–Crippen LogP) is 2.96. The van der Waals surface area contributed by atoms with Crippen LogP contribution in [-0.2, 0) is 23.9 Å². The number of nitrogens with zero attached hydrogens (tertiary/aromatic N) is 1. The number of nitrogens with two attached hydrogens (primary N) is 1. The van der Waals surface area contributed by atoms with Gasteiger partial charge in [-0.1, -0.05) is 18.2 Å². The molecule has 32 heavy (non-hydrogen) atoms. The lowest BCUT2D eigenvalue weighted by Crippen LogP contribution is -2.29. The van der Waals surface area contributed by atoms with Crippen LogP contribution >= 0.6 is 0 Å². The van der Waals surface area contributed by atoms with Gasteiger partial charge in [-0.15, -0.1) is 0 Å². The van der Waals surface area contributed by atoms with Crippen molar-refractivity contribution in [3.05, 3.63) is 88.7 Å². The zero-order chi connectivity index (χ0) is 22.9. The number of nitrogens with one attached hydrogen (secondary N) is 1. The summed E-state index contributed by atoms with van der Waals surface area (Å²) >= 11 is 0. The molecule has 1 atom stereocenters. The molecule has 4 N–H and O–H groups in total. The zero-order valence-corrected chi connectivity index (χ0v) is 16.8. The quantitative estimate of drug-likeness (QED) is 0.310. The summed E-state index contributed by atoms with van der Waals surface area (Å²) in [5.41, 5.74) is 7.45. The molecule has 0 amide bonds. The summed E-state index contributed by atoms with van der Waals surface area (Å²) < 4.78 is 50.4. The van der Waals surface area contributed by atoms with E-state index in [1.807, 2.05) is 6.07 Å². The molecule has 0 fully saturated rings. The maximum atomic E-state index is 13.0. The number of pyridine rings is 1. The Labute approximate surface area is 182 Å². The van der Waals surface area contributed by atoms with Gasteiger partial charge in [0.2, 0.25) is 0 Å². The summed E-state index contributed by atoms with van der Waals surface area (Å²) in [7, 11) is -1.44. The number of aromatic nitrogens is 1. The molecule has 0 aliphatic carbocycles. The topological polar surface area (TPSA) is 101 Å². The molecule has 0 saturated heterocycles. The first kappa shape index (κ1) is 21.9. The Kier molecular flexibility index (Phi) is 5.90. The number of alkyl halides is 3. The summed E-state index contributed by atoms with van der Waals surface area (Å²) in [5, 5.41) is 17.9. The average molecular weight is 441 g/mol. The number of fused-ring (bicyclic) bond motifs is 1. The van der Waals surface area contributed by atoms with Gasteiger partial charge in [-0.05, 0) is 46.9 Å². The first-order chi connectivity index (χ1) is 15.2. The molecule has 0 saturated carbocycles. The van der Waals surface area contributed by atoms with E-state index < -0.39 is 25.0 Å². The number of hydrogen-bond donors (Lipinski definition) is 3. The third-order valence-electron chi connectivity index (χ3n) is 5.19.